The van der Waals surface area contributed by atoms with Gasteiger partial charge in [-0.25, -0.2) is 4.39 Å². The van der Waals surface area contributed by atoms with Crippen molar-refractivity contribution in [1.82, 2.24) is 4.90 Å². The average Bonchev–Trinajstić information content (AvgIpc) is 3.21. The molecule has 2 fully saturated rings. The van der Waals surface area contributed by atoms with Gasteiger partial charge in [-0.1, -0.05) is 12.1 Å². The summed E-state index contributed by atoms with van der Waals surface area (Å²) < 4.78 is 25.5. The topological polar surface area (TPSA) is 62.6 Å². The molecule has 0 unspecified atom stereocenters. The number of halogens is 2. The van der Waals surface area contributed by atoms with Crippen LogP contribution in [0.5, 0.6) is 5.75 Å². The van der Waals surface area contributed by atoms with Gasteiger partial charge in [-0.15, -0.1) is 0 Å². The number of likely N-dealkylation sites (tertiary alicyclic amines) is 1. The van der Waals surface area contributed by atoms with E-state index in [2.05, 4.69) is 22.0 Å². The third-order valence-electron chi connectivity index (χ3n) is 5.10. The molecule has 0 N–H and O–H groups in total. The fraction of sp³-hybridized carbons (Fsp3) is 0.333. The molecule has 0 aliphatic carbocycles. The molecule has 28 heavy (non-hydrogen) atoms. The van der Waals surface area contributed by atoms with Gasteiger partial charge in [0.1, 0.15) is 17.6 Å². The van der Waals surface area contributed by atoms with E-state index in [0.29, 0.717) is 22.3 Å². The number of hydrogen-bond acceptors (Lipinski definition) is 4. The molecule has 2 aromatic carbocycles. The van der Waals surface area contributed by atoms with Crippen molar-refractivity contribution in [1.29, 1.82) is 5.26 Å². The van der Waals surface area contributed by atoms with Crippen molar-refractivity contribution in [2.45, 2.75) is 31.1 Å². The molecule has 2 heterocycles. The maximum atomic E-state index is 13.4. The predicted octanol–water partition coefficient (Wildman–Crippen LogP) is 3.97. The molecule has 0 bridgehead atoms. The third-order valence-corrected chi connectivity index (χ3v) is 5.72. The van der Waals surface area contributed by atoms with Crippen LogP contribution in [-0.4, -0.2) is 36.2 Å². The van der Waals surface area contributed by atoms with Crippen LogP contribution in [0.1, 0.15) is 30.0 Å². The molecule has 5 nitrogen and oxygen atoms in total. The van der Waals surface area contributed by atoms with Gasteiger partial charge in [0.2, 0.25) is 6.10 Å². The van der Waals surface area contributed by atoms with Crippen LogP contribution in [0.3, 0.4) is 0 Å². The van der Waals surface area contributed by atoms with Gasteiger partial charge >= 0.3 is 0 Å². The SMILES string of the molecule is N#Cc1ccc([C@@H]2[C@H](Oc3ccc(F)cc3Br)C(=O)N2C[C@@H]2CCCO2)cc1. The van der Waals surface area contributed by atoms with Crippen molar-refractivity contribution in [2.75, 3.05) is 13.2 Å². The quantitative estimate of drug-likeness (QED) is 0.654. The molecule has 1 amide bonds. The molecule has 0 radical (unpaired) electrons. The summed E-state index contributed by atoms with van der Waals surface area (Å²) in [6, 6.07) is 13.1. The van der Waals surface area contributed by atoms with Crippen molar-refractivity contribution in [3.05, 3.63) is 63.9 Å². The Kier molecular flexibility index (Phi) is 5.33. The number of carbonyl (C=O) groups excluding carboxylic acids is 1. The second-order valence-electron chi connectivity index (χ2n) is 6.92. The zero-order chi connectivity index (χ0) is 19.7. The van der Waals surface area contributed by atoms with Crippen molar-refractivity contribution in [2.24, 2.45) is 0 Å². The monoisotopic (exact) mass is 444 g/mol. The van der Waals surface area contributed by atoms with E-state index in [9.17, 15) is 9.18 Å². The molecule has 144 valence electrons. The van der Waals surface area contributed by atoms with Crippen LogP contribution in [0, 0.1) is 17.1 Å². The maximum Gasteiger partial charge on any atom is 0.266 e. The number of carbonyl (C=O) groups is 1. The molecule has 2 aromatic rings. The molecule has 7 heteroatoms. The summed E-state index contributed by atoms with van der Waals surface area (Å²) in [5.41, 5.74) is 1.44. The molecule has 0 aromatic heterocycles. The van der Waals surface area contributed by atoms with E-state index >= 15 is 0 Å². The van der Waals surface area contributed by atoms with Crippen LogP contribution in [0.15, 0.2) is 46.9 Å². The average molecular weight is 445 g/mol. The number of nitriles is 1. The molecule has 0 saturated carbocycles. The van der Waals surface area contributed by atoms with Crippen molar-refractivity contribution < 1.29 is 18.7 Å². The summed E-state index contributed by atoms with van der Waals surface area (Å²) in [5.74, 6) is -0.0981. The zero-order valence-corrected chi connectivity index (χ0v) is 16.6. The first-order valence-corrected chi connectivity index (χ1v) is 9.90. The lowest BCUT2D eigenvalue weighted by atomic mass is 9.89. The van der Waals surface area contributed by atoms with Gasteiger partial charge in [0.05, 0.1) is 22.2 Å². The van der Waals surface area contributed by atoms with Gasteiger partial charge in [-0.2, -0.15) is 5.26 Å². The molecule has 2 aliphatic heterocycles. The Bertz CT molecular complexity index is 922. The maximum absolute atomic E-state index is 13.4. The smallest absolute Gasteiger partial charge is 0.266 e. The van der Waals surface area contributed by atoms with Crippen LogP contribution in [0.25, 0.3) is 0 Å². The Morgan fingerprint density at radius 2 is 2.07 bits per heavy atom. The van der Waals surface area contributed by atoms with Gasteiger partial charge in [0.25, 0.3) is 5.91 Å². The Balaban J connectivity index is 1.59. The summed E-state index contributed by atoms with van der Waals surface area (Å²) in [6.07, 6.45) is 1.25. The zero-order valence-electron chi connectivity index (χ0n) is 15.0. The number of ether oxygens (including phenoxy) is 2. The van der Waals surface area contributed by atoms with Gasteiger partial charge in [-0.05, 0) is 64.7 Å². The minimum Gasteiger partial charge on any atom is -0.477 e. The molecule has 2 aliphatic rings. The molecule has 0 spiro atoms. The van der Waals surface area contributed by atoms with E-state index < -0.39 is 6.10 Å². The van der Waals surface area contributed by atoms with E-state index in [4.69, 9.17) is 14.7 Å². The fourth-order valence-corrected chi connectivity index (χ4v) is 4.10. The van der Waals surface area contributed by atoms with Crippen molar-refractivity contribution in [3.63, 3.8) is 0 Å². The largest absolute Gasteiger partial charge is 0.477 e. The van der Waals surface area contributed by atoms with E-state index in [1.54, 1.807) is 17.0 Å². The highest BCUT2D eigenvalue weighted by atomic mass is 79.9. The Hall–Kier alpha value is -2.43. The standard InChI is InChI=1S/C21H18BrFN2O3/c22-17-10-15(23)7-8-18(17)28-20-19(14-5-3-13(11-24)4-6-14)25(21(20)26)12-16-2-1-9-27-16/h3-8,10,16,19-20H,1-2,9,12H2/t16-,19+,20-/m0/s1. The predicted molar refractivity (Wildman–Crippen MR) is 103 cm³/mol. The second kappa shape index (κ2) is 7.90. The van der Waals surface area contributed by atoms with E-state index in [1.807, 2.05) is 12.1 Å². The lowest BCUT2D eigenvalue weighted by Gasteiger charge is -2.47. The first kappa shape index (κ1) is 18.9. The lowest BCUT2D eigenvalue weighted by molar-refractivity contribution is -0.167. The molecular weight excluding hydrogens is 427 g/mol. The Labute approximate surface area is 170 Å². The summed E-state index contributed by atoms with van der Waals surface area (Å²) in [4.78, 5) is 14.6. The third kappa shape index (κ3) is 3.62. The summed E-state index contributed by atoms with van der Waals surface area (Å²) in [5, 5.41) is 9.03. The summed E-state index contributed by atoms with van der Waals surface area (Å²) in [7, 11) is 0. The lowest BCUT2D eigenvalue weighted by Crippen LogP contribution is -2.62. The first-order valence-electron chi connectivity index (χ1n) is 9.10. The first-order chi connectivity index (χ1) is 13.6. The van der Waals surface area contributed by atoms with Gasteiger partial charge < -0.3 is 14.4 Å². The number of hydrogen-bond donors (Lipinski definition) is 0. The van der Waals surface area contributed by atoms with E-state index in [-0.39, 0.29) is 23.9 Å². The van der Waals surface area contributed by atoms with Crippen LogP contribution >= 0.6 is 15.9 Å². The fourth-order valence-electron chi connectivity index (χ4n) is 3.66. The van der Waals surface area contributed by atoms with Gasteiger partial charge in [-0.3, -0.25) is 4.79 Å². The highest BCUT2D eigenvalue weighted by Gasteiger charge is 2.51. The molecule has 3 atom stereocenters. The number of benzene rings is 2. The van der Waals surface area contributed by atoms with Crippen LogP contribution in [0.4, 0.5) is 4.39 Å². The van der Waals surface area contributed by atoms with Gasteiger partial charge in [0, 0.05) is 13.2 Å². The van der Waals surface area contributed by atoms with Crippen molar-refractivity contribution >= 4 is 21.8 Å². The molecular formula is C21H18BrFN2O3. The minimum atomic E-state index is -0.712. The summed E-state index contributed by atoms with van der Waals surface area (Å²) in [6.45, 7) is 1.23. The second-order valence-corrected chi connectivity index (χ2v) is 7.77. The normalized spacial score (nSPS) is 24.0. The highest BCUT2D eigenvalue weighted by Crippen LogP contribution is 2.40. The van der Waals surface area contributed by atoms with Crippen LogP contribution in [-0.2, 0) is 9.53 Å². The molecule has 2 saturated heterocycles. The number of nitrogens with zero attached hydrogens (tertiary/aromatic N) is 2. The minimum absolute atomic E-state index is 0.0309. The number of β-lactam (4-membered cyclic amide) rings is 1. The number of rotatable bonds is 5. The van der Waals surface area contributed by atoms with Crippen LogP contribution in [0.2, 0.25) is 0 Å². The highest BCUT2D eigenvalue weighted by molar-refractivity contribution is 9.10. The Morgan fingerprint density at radius 1 is 1.29 bits per heavy atom. The Morgan fingerprint density at radius 3 is 2.71 bits per heavy atom. The summed E-state index contributed by atoms with van der Waals surface area (Å²) >= 11 is 3.28. The van der Waals surface area contributed by atoms with Crippen molar-refractivity contribution in [3.8, 4) is 11.8 Å². The van der Waals surface area contributed by atoms with Gasteiger partial charge in [0.15, 0.2) is 0 Å². The van der Waals surface area contributed by atoms with E-state index in [0.717, 1.165) is 25.0 Å². The number of amides is 1. The van der Waals surface area contributed by atoms with E-state index in [1.165, 1.54) is 18.2 Å². The van der Waals surface area contributed by atoms with Crippen LogP contribution < -0.4 is 4.74 Å². The molecule has 4 rings (SSSR count).